The van der Waals surface area contributed by atoms with Gasteiger partial charge < -0.3 is 10.6 Å². The highest BCUT2D eigenvalue weighted by molar-refractivity contribution is 6.02. The van der Waals surface area contributed by atoms with E-state index in [0.29, 0.717) is 6.17 Å². The number of aryl methyl sites for hydroxylation is 1. The average molecular weight is 242 g/mol. The molecule has 2 heteroatoms. The molecule has 0 spiro atoms. The fourth-order valence-corrected chi connectivity index (χ4v) is 2.21. The van der Waals surface area contributed by atoms with Gasteiger partial charge in [0.2, 0.25) is 0 Å². The van der Waals surface area contributed by atoms with Gasteiger partial charge in [-0.05, 0) is 25.3 Å². The monoisotopic (exact) mass is 242 g/mol. The van der Waals surface area contributed by atoms with Gasteiger partial charge in [-0.3, -0.25) is 0 Å². The van der Waals surface area contributed by atoms with Gasteiger partial charge in [-0.1, -0.05) is 50.1 Å². The minimum absolute atomic E-state index is 0.326. The molecule has 3 rings (SSSR count). The van der Waals surface area contributed by atoms with Crippen LogP contribution in [-0.4, -0.2) is 6.17 Å². The summed E-state index contributed by atoms with van der Waals surface area (Å²) < 4.78 is 0. The zero-order valence-corrected chi connectivity index (χ0v) is 11.7. The molecular weight excluding hydrogens is 220 g/mol. The van der Waals surface area contributed by atoms with Gasteiger partial charge in [0.15, 0.2) is 0 Å². The van der Waals surface area contributed by atoms with E-state index < -0.39 is 0 Å². The minimum Gasteiger partial charge on any atom is -0.364 e. The number of fused-ring (bicyclic) bond motifs is 3. The fraction of sp³-hybridized carbons (Fsp3) is 0.375. The zero-order chi connectivity index (χ0) is 13.1. The zero-order valence-electron chi connectivity index (χ0n) is 11.7. The number of hydrogen-bond acceptors (Lipinski definition) is 2. The van der Waals surface area contributed by atoms with Crippen LogP contribution in [0.25, 0.3) is 10.8 Å². The normalized spacial score (nSPS) is 16.3. The first-order chi connectivity index (χ1) is 8.65. The Morgan fingerprint density at radius 2 is 1.78 bits per heavy atom. The summed E-state index contributed by atoms with van der Waals surface area (Å²) in [6.45, 7) is 8.50. The molecule has 1 aliphatic rings. The van der Waals surface area contributed by atoms with Crippen LogP contribution in [0.1, 0.15) is 32.8 Å². The molecule has 2 N–H and O–H groups in total. The van der Waals surface area contributed by atoms with E-state index in [1.807, 2.05) is 0 Å². The Labute approximate surface area is 109 Å². The van der Waals surface area contributed by atoms with Crippen molar-refractivity contribution in [3.05, 3.63) is 35.9 Å². The first-order valence-corrected chi connectivity index (χ1v) is 6.72. The van der Waals surface area contributed by atoms with Crippen LogP contribution in [0.5, 0.6) is 0 Å². The first-order valence-electron chi connectivity index (χ1n) is 6.72. The van der Waals surface area contributed by atoms with E-state index >= 15 is 0 Å². The van der Waals surface area contributed by atoms with Crippen molar-refractivity contribution in [2.24, 2.45) is 0 Å². The van der Waals surface area contributed by atoms with Gasteiger partial charge in [0.05, 0.1) is 17.5 Å². The van der Waals surface area contributed by atoms with Crippen molar-refractivity contribution >= 4 is 22.1 Å². The lowest BCUT2D eigenvalue weighted by Gasteiger charge is -2.05. The first kappa shape index (κ1) is 12.7. The molecule has 0 aromatic heterocycles. The van der Waals surface area contributed by atoms with E-state index in [1.54, 1.807) is 0 Å². The Hall–Kier alpha value is -1.70. The molecule has 0 bridgehead atoms. The van der Waals surface area contributed by atoms with Crippen LogP contribution in [0.2, 0.25) is 0 Å². The van der Waals surface area contributed by atoms with Crippen molar-refractivity contribution in [3.8, 4) is 0 Å². The second-order valence-corrected chi connectivity index (χ2v) is 4.93. The molecule has 0 saturated heterocycles. The van der Waals surface area contributed by atoms with Crippen molar-refractivity contribution in [2.75, 3.05) is 10.6 Å². The molecule has 0 fully saturated rings. The topological polar surface area (TPSA) is 24.1 Å². The Kier molecular flexibility index (Phi) is 3.75. The van der Waals surface area contributed by atoms with E-state index in [0.717, 1.165) is 0 Å². The van der Waals surface area contributed by atoms with Crippen LogP contribution >= 0.6 is 0 Å². The second kappa shape index (κ2) is 5.30. The van der Waals surface area contributed by atoms with Gasteiger partial charge in [0, 0.05) is 5.39 Å². The van der Waals surface area contributed by atoms with E-state index in [9.17, 15) is 0 Å². The average Bonchev–Trinajstić information content (AvgIpc) is 2.70. The number of rotatable bonds is 0. The van der Waals surface area contributed by atoms with Crippen molar-refractivity contribution in [3.63, 3.8) is 0 Å². The van der Waals surface area contributed by atoms with Crippen LogP contribution in [0, 0.1) is 6.92 Å². The SMILES string of the molecule is CCC.Cc1ccc2c3c(ccc2c1)NC(C)N3. The molecule has 1 aliphatic heterocycles. The van der Waals surface area contributed by atoms with Crippen LogP contribution < -0.4 is 10.6 Å². The predicted octanol–water partition coefficient (Wildman–Crippen LogP) is 4.75. The maximum absolute atomic E-state index is 3.45. The molecule has 96 valence electrons. The number of hydrogen-bond donors (Lipinski definition) is 2. The molecule has 1 heterocycles. The van der Waals surface area contributed by atoms with Gasteiger partial charge in [-0.15, -0.1) is 0 Å². The van der Waals surface area contributed by atoms with Gasteiger partial charge in [0.25, 0.3) is 0 Å². The molecule has 2 aromatic carbocycles. The molecule has 0 aliphatic carbocycles. The van der Waals surface area contributed by atoms with E-state index in [2.05, 4.69) is 68.7 Å². The summed E-state index contributed by atoms with van der Waals surface area (Å²) in [6.07, 6.45) is 1.58. The highest BCUT2D eigenvalue weighted by Gasteiger charge is 2.17. The number of nitrogens with one attached hydrogen (secondary N) is 2. The predicted molar refractivity (Wildman–Crippen MR) is 81.4 cm³/mol. The summed E-state index contributed by atoms with van der Waals surface area (Å²) in [7, 11) is 0. The molecular formula is C16H22N2. The van der Waals surface area contributed by atoms with Gasteiger partial charge >= 0.3 is 0 Å². The van der Waals surface area contributed by atoms with Crippen molar-refractivity contribution in [2.45, 2.75) is 40.3 Å². The van der Waals surface area contributed by atoms with Crippen LogP contribution in [0.15, 0.2) is 30.3 Å². The Morgan fingerprint density at radius 3 is 2.50 bits per heavy atom. The number of benzene rings is 2. The Bertz CT molecular complexity index is 546. The lowest BCUT2D eigenvalue weighted by molar-refractivity contribution is 0.957. The third-order valence-corrected chi connectivity index (χ3v) is 2.91. The summed E-state index contributed by atoms with van der Waals surface area (Å²) in [4.78, 5) is 0. The van der Waals surface area contributed by atoms with Gasteiger partial charge in [0.1, 0.15) is 0 Å². The van der Waals surface area contributed by atoms with E-state index in [4.69, 9.17) is 0 Å². The summed E-state index contributed by atoms with van der Waals surface area (Å²) in [6, 6.07) is 10.9. The summed E-state index contributed by atoms with van der Waals surface area (Å²) in [5, 5.41) is 9.45. The Morgan fingerprint density at radius 1 is 1.06 bits per heavy atom. The molecule has 1 unspecified atom stereocenters. The van der Waals surface area contributed by atoms with Crippen molar-refractivity contribution < 1.29 is 0 Å². The molecule has 0 amide bonds. The van der Waals surface area contributed by atoms with Crippen LogP contribution in [0.3, 0.4) is 0 Å². The number of anilines is 2. The standard InChI is InChI=1S/C13H14N2.C3H8/c1-8-3-5-11-10(7-8)4-6-12-13(11)15-9(2)14-12;1-3-2/h3-7,9,14-15H,1-2H3;3H2,1-2H3. The van der Waals surface area contributed by atoms with Crippen molar-refractivity contribution in [1.29, 1.82) is 0 Å². The summed E-state index contributed by atoms with van der Waals surface area (Å²) in [5.74, 6) is 0. The maximum atomic E-state index is 3.45. The molecule has 2 nitrogen and oxygen atoms in total. The van der Waals surface area contributed by atoms with Crippen LogP contribution in [-0.2, 0) is 0 Å². The highest BCUT2D eigenvalue weighted by Crippen LogP contribution is 2.36. The third kappa shape index (κ3) is 2.42. The largest absolute Gasteiger partial charge is 0.364 e. The second-order valence-electron chi connectivity index (χ2n) is 4.93. The third-order valence-electron chi connectivity index (χ3n) is 2.91. The van der Waals surface area contributed by atoms with E-state index in [1.165, 1.54) is 34.1 Å². The molecule has 18 heavy (non-hydrogen) atoms. The Balaban J connectivity index is 0.000000367. The molecule has 2 aromatic rings. The minimum atomic E-state index is 0.326. The fourth-order valence-electron chi connectivity index (χ4n) is 2.21. The molecule has 0 radical (unpaired) electrons. The quantitative estimate of drug-likeness (QED) is 0.696. The maximum Gasteiger partial charge on any atom is 0.0936 e. The summed E-state index contributed by atoms with van der Waals surface area (Å²) in [5.41, 5.74) is 3.75. The lowest BCUT2D eigenvalue weighted by Crippen LogP contribution is -2.16. The van der Waals surface area contributed by atoms with Gasteiger partial charge in [-0.25, -0.2) is 0 Å². The lowest BCUT2D eigenvalue weighted by atomic mass is 10.1. The summed E-state index contributed by atoms with van der Waals surface area (Å²) >= 11 is 0. The van der Waals surface area contributed by atoms with Crippen molar-refractivity contribution in [1.82, 2.24) is 0 Å². The highest BCUT2D eigenvalue weighted by atomic mass is 15.2. The van der Waals surface area contributed by atoms with Gasteiger partial charge in [-0.2, -0.15) is 0 Å². The smallest absolute Gasteiger partial charge is 0.0936 e. The van der Waals surface area contributed by atoms with E-state index in [-0.39, 0.29) is 0 Å². The molecule has 1 atom stereocenters. The van der Waals surface area contributed by atoms with Crippen LogP contribution in [0.4, 0.5) is 11.4 Å². The molecule has 0 saturated carbocycles.